The summed E-state index contributed by atoms with van der Waals surface area (Å²) in [5.74, 6) is 1.05. The van der Waals surface area contributed by atoms with Gasteiger partial charge in [-0.3, -0.25) is 0 Å². The average Bonchev–Trinajstić information content (AvgIpc) is 2.69. The van der Waals surface area contributed by atoms with E-state index in [0.29, 0.717) is 5.89 Å². The fraction of sp³-hybridized carbons (Fsp3) is 0.500. The zero-order chi connectivity index (χ0) is 14.9. The molecule has 0 spiro atoms. The molecule has 1 aromatic heterocycles. The van der Waals surface area contributed by atoms with E-state index in [1.165, 1.54) is 6.26 Å². The molecule has 6 heteroatoms. The van der Waals surface area contributed by atoms with E-state index >= 15 is 0 Å². The Labute approximate surface area is 119 Å². The molecule has 5 nitrogen and oxygen atoms in total. The minimum atomic E-state index is -2.99. The Morgan fingerprint density at radius 3 is 2.60 bits per heavy atom. The predicted molar refractivity (Wildman–Crippen MR) is 80.9 cm³/mol. The molecule has 20 heavy (non-hydrogen) atoms. The van der Waals surface area contributed by atoms with Gasteiger partial charge in [0.1, 0.15) is 15.4 Å². The van der Waals surface area contributed by atoms with Crippen LogP contribution in [0.1, 0.15) is 32.6 Å². The number of fused-ring (bicyclic) bond motifs is 1. The lowest BCUT2D eigenvalue weighted by Gasteiger charge is -2.13. The topological polar surface area (TPSA) is 72.2 Å². The highest BCUT2D eigenvalue weighted by Crippen LogP contribution is 2.24. The van der Waals surface area contributed by atoms with Gasteiger partial charge >= 0.3 is 0 Å². The fourth-order valence-electron chi connectivity index (χ4n) is 2.06. The van der Waals surface area contributed by atoms with E-state index in [2.05, 4.69) is 10.3 Å². The van der Waals surface area contributed by atoms with E-state index in [9.17, 15) is 8.42 Å². The second-order valence-corrected chi connectivity index (χ2v) is 7.71. The van der Waals surface area contributed by atoms with Gasteiger partial charge in [0.05, 0.1) is 5.75 Å². The molecule has 1 N–H and O–H groups in total. The van der Waals surface area contributed by atoms with Gasteiger partial charge < -0.3 is 9.73 Å². The van der Waals surface area contributed by atoms with Crippen LogP contribution in [0.2, 0.25) is 0 Å². The van der Waals surface area contributed by atoms with Crippen LogP contribution in [0, 0.1) is 0 Å². The van der Waals surface area contributed by atoms with Crippen molar-refractivity contribution in [2.45, 2.75) is 32.7 Å². The van der Waals surface area contributed by atoms with Gasteiger partial charge in [0, 0.05) is 23.9 Å². The van der Waals surface area contributed by atoms with Crippen molar-refractivity contribution in [2.75, 3.05) is 17.3 Å². The van der Waals surface area contributed by atoms with Gasteiger partial charge in [-0.25, -0.2) is 13.4 Å². The van der Waals surface area contributed by atoms with Crippen LogP contribution in [0.25, 0.3) is 11.1 Å². The molecule has 1 unspecified atom stereocenters. The van der Waals surface area contributed by atoms with Crippen LogP contribution in [0.3, 0.4) is 0 Å². The SMILES string of the molecule is CC(CS(C)(=O)=O)Nc1ccc2oc(C(C)C)nc2c1. The first-order chi connectivity index (χ1) is 9.24. The Balaban J connectivity index is 2.19. The Bertz CT molecular complexity index is 704. The molecule has 0 amide bonds. The summed E-state index contributed by atoms with van der Waals surface area (Å²) in [4.78, 5) is 4.43. The summed E-state index contributed by atoms with van der Waals surface area (Å²) < 4.78 is 28.1. The molecule has 0 fully saturated rings. The first-order valence-electron chi connectivity index (χ1n) is 6.59. The molecule has 1 aromatic carbocycles. The van der Waals surface area contributed by atoms with Gasteiger partial charge in [0.15, 0.2) is 11.5 Å². The third-order valence-corrected chi connectivity index (χ3v) is 3.97. The lowest BCUT2D eigenvalue weighted by molar-refractivity contribution is 0.501. The molecule has 0 radical (unpaired) electrons. The smallest absolute Gasteiger partial charge is 0.198 e. The maximum Gasteiger partial charge on any atom is 0.198 e. The van der Waals surface area contributed by atoms with Crippen molar-refractivity contribution in [2.24, 2.45) is 0 Å². The van der Waals surface area contributed by atoms with Crippen LogP contribution >= 0.6 is 0 Å². The van der Waals surface area contributed by atoms with Gasteiger partial charge in [-0.2, -0.15) is 0 Å². The van der Waals surface area contributed by atoms with Crippen LogP contribution in [0.15, 0.2) is 22.6 Å². The number of nitrogens with one attached hydrogen (secondary N) is 1. The zero-order valence-electron chi connectivity index (χ0n) is 12.2. The summed E-state index contributed by atoms with van der Waals surface area (Å²) in [6.07, 6.45) is 1.24. The highest BCUT2D eigenvalue weighted by atomic mass is 32.2. The van der Waals surface area contributed by atoms with Crippen molar-refractivity contribution < 1.29 is 12.8 Å². The zero-order valence-corrected chi connectivity index (χ0v) is 13.0. The summed E-state index contributed by atoms with van der Waals surface area (Å²) >= 11 is 0. The number of rotatable bonds is 5. The Kier molecular flexibility index (Phi) is 4.04. The number of nitrogens with zero attached hydrogens (tertiary/aromatic N) is 1. The van der Waals surface area contributed by atoms with Crippen molar-refractivity contribution in [3.63, 3.8) is 0 Å². The summed E-state index contributed by atoms with van der Waals surface area (Å²) in [7, 11) is -2.99. The van der Waals surface area contributed by atoms with Crippen LogP contribution in [0.4, 0.5) is 5.69 Å². The number of benzene rings is 1. The van der Waals surface area contributed by atoms with Crippen molar-refractivity contribution in [1.82, 2.24) is 4.98 Å². The minimum absolute atomic E-state index is 0.0983. The molecule has 0 saturated carbocycles. The van der Waals surface area contributed by atoms with Crippen LogP contribution in [-0.4, -0.2) is 31.5 Å². The molecule has 110 valence electrons. The molecule has 2 aromatic rings. The molecular weight excluding hydrogens is 276 g/mol. The molecule has 0 aliphatic rings. The van der Waals surface area contributed by atoms with E-state index in [4.69, 9.17) is 4.42 Å². The van der Waals surface area contributed by atoms with Crippen molar-refractivity contribution >= 4 is 26.6 Å². The largest absolute Gasteiger partial charge is 0.440 e. The quantitative estimate of drug-likeness (QED) is 0.918. The van der Waals surface area contributed by atoms with Gasteiger partial charge in [0.2, 0.25) is 0 Å². The molecule has 2 rings (SSSR count). The third kappa shape index (κ3) is 3.72. The van der Waals surface area contributed by atoms with E-state index in [1.807, 2.05) is 39.0 Å². The first-order valence-corrected chi connectivity index (χ1v) is 8.65. The summed E-state index contributed by atoms with van der Waals surface area (Å²) in [5.41, 5.74) is 2.37. The van der Waals surface area contributed by atoms with E-state index < -0.39 is 9.84 Å². The molecule has 0 aliphatic carbocycles. The molecule has 0 saturated heterocycles. The highest BCUT2D eigenvalue weighted by Gasteiger charge is 2.12. The van der Waals surface area contributed by atoms with Crippen LogP contribution in [0.5, 0.6) is 0 Å². The highest BCUT2D eigenvalue weighted by molar-refractivity contribution is 7.90. The lowest BCUT2D eigenvalue weighted by Crippen LogP contribution is -2.24. The predicted octanol–water partition coefficient (Wildman–Crippen LogP) is 2.80. The normalized spacial score (nSPS) is 13.8. The maximum absolute atomic E-state index is 11.3. The molecular formula is C14H20N2O3S. The van der Waals surface area contributed by atoms with E-state index in [-0.39, 0.29) is 17.7 Å². The Morgan fingerprint density at radius 1 is 1.30 bits per heavy atom. The first kappa shape index (κ1) is 14.8. The number of aromatic nitrogens is 1. The average molecular weight is 296 g/mol. The Morgan fingerprint density at radius 2 is 2.00 bits per heavy atom. The second kappa shape index (κ2) is 5.44. The number of hydrogen-bond donors (Lipinski definition) is 1. The molecule has 1 heterocycles. The van der Waals surface area contributed by atoms with Crippen molar-refractivity contribution in [1.29, 1.82) is 0 Å². The van der Waals surface area contributed by atoms with Gasteiger partial charge in [-0.15, -0.1) is 0 Å². The standard InChI is InChI=1S/C14H20N2O3S/c1-9(2)14-16-12-7-11(5-6-13(12)19-14)15-10(3)8-20(4,17)18/h5-7,9-10,15H,8H2,1-4H3. The number of anilines is 1. The summed E-state index contributed by atoms with van der Waals surface area (Å²) in [6, 6.07) is 5.45. The molecule has 0 aliphatic heterocycles. The monoisotopic (exact) mass is 296 g/mol. The van der Waals surface area contributed by atoms with Crippen LogP contribution in [-0.2, 0) is 9.84 Å². The van der Waals surface area contributed by atoms with E-state index in [1.54, 1.807) is 0 Å². The van der Waals surface area contributed by atoms with E-state index in [0.717, 1.165) is 16.8 Å². The van der Waals surface area contributed by atoms with Gasteiger partial charge in [-0.05, 0) is 25.1 Å². The number of hydrogen-bond acceptors (Lipinski definition) is 5. The fourth-order valence-corrected chi connectivity index (χ4v) is 3.05. The minimum Gasteiger partial charge on any atom is -0.440 e. The Hall–Kier alpha value is -1.56. The van der Waals surface area contributed by atoms with Crippen molar-refractivity contribution in [3.8, 4) is 0 Å². The third-order valence-electron chi connectivity index (χ3n) is 2.86. The van der Waals surface area contributed by atoms with Gasteiger partial charge in [0.25, 0.3) is 0 Å². The maximum atomic E-state index is 11.3. The van der Waals surface area contributed by atoms with Gasteiger partial charge in [-0.1, -0.05) is 13.8 Å². The molecule has 1 atom stereocenters. The number of oxazole rings is 1. The number of sulfone groups is 1. The lowest BCUT2D eigenvalue weighted by atomic mass is 10.2. The van der Waals surface area contributed by atoms with Crippen LogP contribution < -0.4 is 5.32 Å². The summed E-state index contributed by atoms with van der Waals surface area (Å²) in [6.45, 7) is 5.89. The summed E-state index contributed by atoms with van der Waals surface area (Å²) in [5, 5.41) is 3.17. The van der Waals surface area contributed by atoms with Crippen molar-refractivity contribution in [3.05, 3.63) is 24.1 Å². The second-order valence-electron chi connectivity index (χ2n) is 5.53. The molecule has 0 bridgehead atoms.